The number of rotatable bonds is 7. The van der Waals surface area contributed by atoms with E-state index in [1.54, 1.807) is 60.7 Å². The van der Waals surface area contributed by atoms with Gasteiger partial charge in [-0.3, -0.25) is 14.5 Å². The quantitative estimate of drug-likeness (QED) is 0.257. The van der Waals surface area contributed by atoms with Crippen LogP contribution >= 0.6 is 23.2 Å². The molecule has 7 nitrogen and oxygen atoms in total. The standard InChI is InChI=1S/C28H21Cl2NO6/c1-3-36-20-6-4-5-15(12-20)24-23(26(33)28(34)31(24)19-9-7-17(29)8-10-19)25(32)21-13-16-11-18(30)14-22(35-2)27(16)37-21/h4-14,24,33H,3H2,1-2H3. The Hall–Kier alpha value is -3.94. The van der Waals surface area contributed by atoms with E-state index in [9.17, 15) is 14.7 Å². The first kappa shape index (κ1) is 24.7. The summed E-state index contributed by atoms with van der Waals surface area (Å²) in [5, 5.41) is 12.5. The maximum Gasteiger partial charge on any atom is 0.294 e. The van der Waals surface area contributed by atoms with Crippen LogP contribution in [0.1, 0.15) is 29.1 Å². The topological polar surface area (TPSA) is 89.2 Å². The normalized spacial score (nSPS) is 15.5. The van der Waals surface area contributed by atoms with E-state index in [1.807, 2.05) is 6.92 Å². The number of aliphatic hydroxyl groups excluding tert-OH is 1. The van der Waals surface area contributed by atoms with E-state index in [0.29, 0.717) is 50.4 Å². The molecule has 1 atom stereocenters. The number of Topliss-reactive ketones (excluding diaryl/α,β-unsaturated/α-hetero) is 1. The molecule has 4 aromatic rings. The average Bonchev–Trinajstić information content (AvgIpc) is 3.43. The Bertz CT molecular complexity index is 1560. The number of ether oxygens (including phenoxy) is 2. The van der Waals surface area contributed by atoms with Gasteiger partial charge in [-0.05, 0) is 61.0 Å². The van der Waals surface area contributed by atoms with Crippen molar-refractivity contribution in [3.05, 3.63) is 99.4 Å². The molecule has 1 N–H and O–H groups in total. The maximum absolute atomic E-state index is 13.9. The zero-order valence-electron chi connectivity index (χ0n) is 19.8. The van der Waals surface area contributed by atoms with Crippen LogP contribution < -0.4 is 14.4 Å². The van der Waals surface area contributed by atoms with E-state index in [-0.39, 0.29) is 11.3 Å². The van der Waals surface area contributed by atoms with Gasteiger partial charge in [0.05, 0.1) is 25.3 Å². The third kappa shape index (κ3) is 4.41. The highest BCUT2D eigenvalue weighted by Crippen LogP contribution is 2.43. The van der Waals surface area contributed by atoms with E-state index < -0.39 is 23.5 Å². The van der Waals surface area contributed by atoms with E-state index in [4.69, 9.17) is 37.1 Å². The summed E-state index contributed by atoms with van der Waals surface area (Å²) < 4.78 is 16.8. The Labute approximate surface area is 222 Å². The van der Waals surface area contributed by atoms with Crippen molar-refractivity contribution in [2.45, 2.75) is 13.0 Å². The van der Waals surface area contributed by atoms with Gasteiger partial charge in [0.25, 0.3) is 5.91 Å². The average molecular weight is 538 g/mol. The van der Waals surface area contributed by atoms with Crippen molar-refractivity contribution in [3.8, 4) is 11.5 Å². The van der Waals surface area contributed by atoms with E-state index >= 15 is 0 Å². The lowest BCUT2D eigenvalue weighted by Crippen LogP contribution is -2.31. The number of aliphatic hydroxyl groups is 1. The lowest BCUT2D eigenvalue weighted by molar-refractivity contribution is -0.117. The lowest BCUT2D eigenvalue weighted by Gasteiger charge is -2.27. The zero-order chi connectivity index (χ0) is 26.3. The van der Waals surface area contributed by atoms with Crippen LogP contribution in [-0.4, -0.2) is 30.5 Å². The Morgan fingerprint density at radius 1 is 1.05 bits per heavy atom. The molecule has 0 radical (unpaired) electrons. The summed E-state index contributed by atoms with van der Waals surface area (Å²) in [6, 6.07) is 17.3. The molecule has 5 rings (SSSR count). The molecule has 0 aliphatic carbocycles. The molecule has 1 aliphatic rings. The molecule has 0 saturated carbocycles. The summed E-state index contributed by atoms with van der Waals surface area (Å²) in [5.41, 5.74) is 1.22. The summed E-state index contributed by atoms with van der Waals surface area (Å²) in [6.45, 7) is 2.29. The Kier molecular flexibility index (Phi) is 6.58. The van der Waals surface area contributed by atoms with Gasteiger partial charge in [0.1, 0.15) is 5.75 Å². The molecule has 2 heterocycles. The molecule has 1 aromatic heterocycles. The highest BCUT2D eigenvalue weighted by atomic mass is 35.5. The number of hydrogen-bond donors (Lipinski definition) is 1. The molecule has 9 heteroatoms. The fourth-order valence-electron chi connectivity index (χ4n) is 4.44. The second-order valence-corrected chi connectivity index (χ2v) is 9.16. The number of benzene rings is 3. The van der Waals surface area contributed by atoms with Crippen molar-refractivity contribution in [3.63, 3.8) is 0 Å². The number of amides is 1. The number of fused-ring (bicyclic) bond motifs is 1. The number of carbonyl (C=O) groups excluding carboxylic acids is 2. The predicted molar refractivity (Wildman–Crippen MR) is 141 cm³/mol. The summed E-state index contributed by atoms with van der Waals surface area (Å²) in [5.74, 6) is -1.21. The van der Waals surface area contributed by atoms with Gasteiger partial charge in [-0.2, -0.15) is 0 Å². The molecule has 188 valence electrons. The number of carbonyl (C=O) groups is 2. The first-order chi connectivity index (χ1) is 17.8. The van der Waals surface area contributed by atoms with Crippen LogP contribution in [0.4, 0.5) is 5.69 Å². The van der Waals surface area contributed by atoms with Crippen molar-refractivity contribution in [2.24, 2.45) is 0 Å². The number of methoxy groups -OCH3 is 1. The van der Waals surface area contributed by atoms with E-state index in [2.05, 4.69) is 0 Å². The minimum absolute atomic E-state index is 0.0752. The van der Waals surface area contributed by atoms with Gasteiger partial charge in [-0.1, -0.05) is 35.3 Å². The van der Waals surface area contributed by atoms with Gasteiger partial charge in [-0.15, -0.1) is 0 Å². The highest BCUT2D eigenvalue weighted by Gasteiger charge is 2.45. The van der Waals surface area contributed by atoms with Crippen LogP contribution in [-0.2, 0) is 4.79 Å². The third-order valence-electron chi connectivity index (χ3n) is 6.03. The summed E-state index contributed by atoms with van der Waals surface area (Å²) >= 11 is 12.2. The molecule has 1 aliphatic heterocycles. The van der Waals surface area contributed by atoms with Crippen molar-refractivity contribution < 1.29 is 28.6 Å². The summed E-state index contributed by atoms with van der Waals surface area (Å²) in [4.78, 5) is 28.6. The zero-order valence-corrected chi connectivity index (χ0v) is 21.3. The van der Waals surface area contributed by atoms with Gasteiger partial charge in [0.15, 0.2) is 22.9 Å². The Morgan fingerprint density at radius 3 is 2.51 bits per heavy atom. The molecule has 0 bridgehead atoms. The minimum atomic E-state index is -0.958. The van der Waals surface area contributed by atoms with Gasteiger partial charge >= 0.3 is 0 Å². The monoisotopic (exact) mass is 537 g/mol. The largest absolute Gasteiger partial charge is 0.503 e. The van der Waals surface area contributed by atoms with Crippen LogP contribution in [0, 0.1) is 0 Å². The lowest BCUT2D eigenvalue weighted by atomic mass is 9.94. The SMILES string of the molecule is CCOc1cccc(C2C(C(=O)c3cc4cc(Cl)cc(OC)c4o3)=C(O)C(=O)N2c2ccc(Cl)cc2)c1. The number of hydrogen-bond acceptors (Lipinski definition) is 6. The van der Waals surface area contributed by atoms with Gasteiger partial charge in [0, 0.05) is 27.2 Å². The molecule has 1 unspecified atom stereocenters. The van der Waals surface area contributed by atoms with Crippen LogP contribution in [0.15, 0.2) is 82.5 Å². The summed E-state index contributed by atoms with van der Waals surface area (Å²) in [7, 11) is 1.46. The Balaban J connectivity index is 1.66. The smallest absolute Gasteiger partial charge is 0.294 e. The fourth-order valence-corrected chi connectivity index (χ4v) is 4.79. The van der Waals surface area contributed by atoms with E-state index in [1.165, 1.54) is 18.1 Å². The molecule has 37 heavy (non-hydrogen) atoms. The van der Waals surface area contributed by atoms with Crippen LogP contribution in [0.5, 0.6) is 11.5 Å². The van der Waals surface area contributed by atoms with Crippen molar-refractivity contribution in [1.29, 1.82) is 0 Å². The molecular weight excluding hydrogens is 517 g/mol. The van der Waals surface area contributed by atoms with Crippen molar-refractivity contribution >= 4 is 51.5 Å². The number of ketones is 1. The number of furan rings is 1. The van der Waals surface area contributed by atoms with Gasteiger partial charge in [-0.25, -0.2) is 0 Å². The van der Waals surface area contributed by atoms with Gasteiger partial charge in [0.2, 0.25) is 5.78 Å². The predicted octanol–water partition coefficient (Wildman–Crippen LogP) is 6.93. The minimum Gasteiger partial charge on any atom is -0.503 e. The first-order valence-corrected chi connectivity index (χ1v) is 12.1. The number of anilines is 1. The fraction of sp³-hybridized carbons (Fsp3) is 0.143. The number of halogens is 2. The molecule has 3 aromatic carbocycles. The molecule has 1 amide bonds. The van der Waals surface area contributed by atoms with Crippen LogP contribution in [0.2, 0.25) is 10.0 Å². The van der Waals surface area contributed by atoms with Gasteiger partial charge < -0.3 is 19.0 Å². The molecule has 0 saturated heterocycles. The second-order valence-electron chi connectivity index (χ2n) is 8.29. The molecular formula is C28H21Cl2NO6. The Morgan fingerprint density at radius 2 is 1.81 bits per heavy atom. The summed E-state index contributed by atoms with van der Waals surface area (Å²) in [6.07, 6.45) is 0. The van der Waals surface area contributed by atoms with Crippen LogP contribution in [0.25, 0.3) is 11.0 Å². The number of nitrogens with zero attached hydrogens (tertiary/aromatic N) is 1. The molecule has 0 fully saturated rings. The second kappa shape index (κ2) is 9.84. The highest BCUT2D eigenvalue weighted by molar-refractivity contribution is 6.31. The van der Waals surface area contributed by atoms with E-state index in [0.717, 1.165) is 0 Å². The third-order valence-corrected chi connectivity index (χ3v) is 6.50. The first-order valence-electron chi connectivity index (χ1n) is 11.4. The molecule has 0 spiro atoms. The van der Waals surface area contributed by atoms with Crippen molar-refractivity contribution in [1.82, 2.24) is 0 Å². The van der Waals surface area contributed by atoms with Crippen LogP contribution in [0.3, 0.4) is 0 Å². The van der Waals surface area contributed by atoms with Crippen molar-refractivity contribution in [2.75, 3.05) is 18.6 Å². The maximum atomic E-state index is 13.9.